The fourth-order valence-electron chi connectivity index (χ4n) is 1.79. The Bertz CT molecular complexity index is 611. The van der Waals surface area contributed by atoms with Crippen molar-refractivity contribution in [1.82, 2.24) is 13.9 Å². The summed E-state index contributed by atoms with van der Waals surface area (Å²) in [5, 5.41) is 8.58. The molecule has 1 atom stereocenters. The van der Waals surface area contributed by atoms with Crippen molar-refractivity contribution in [1.29, 1.82) is 0 Å². The number of fused-ring (bicyclic) bond motifs is 1. The van der Waals surface area contributed by atoms with E-state index in [1.807, 2.05) is 0 Å². The van der Waals surface area contributed by atoms with Gasteiger partial charge in [0, 0.05) is 12.3 Å². The fourth-order valence-corrected chi connectivity index (χ4v) is 1.99. The largest absolute Gasteiger partial charge is 0.508 e. The number of hydrogen-bond acceptors (Lipinski definition) is 5. The smallest absolute Gasteiger partial charge is 0.450 e. The summed E-state index contributed by atoms with van der Waals surface area (Å²) in [4.78, 5) is 34.4. The molecule has 1 aromatic rings. The quantitative estimate of drug-likeness (QED) is 0.440. The van der Waals surface area contributed by atoms with Crippen molar-refractivity contribution in [2.24, 2.45) is 0 Å². The maximum absolute atomic E-state index is 12.0. The van der Waals surface area contributed by atoms with E-state index in [4.69, 9.17) is 5.11 Å². The minimum atomic E-state index is -1.51. The van der Waals surface area contributed by atoms with Gasteiger partial charge in [-0.25, -0.2) is 23.6 Å². The molecule has 0 amide bonds. The molecule has 0 saturated carbocycles. The summed E-state index contributed by atoms with van der Waals surface area (Å²) in [6.45, 7) is 0.362. The van der Waals surface area contributed by atoms with Gasteiger partial charge in [0.05, 0.1) is 6.54 Å². The van der Waals surface area contributed by atoms with E-state index in [1.165, 1.54) is 6.08 Å². The Morgan fingerprint density at radius 1 is 1.50 bits per heavy atom. The number of carbonyl (C=O) groups is 1. The van der Waals surface area contributed by atoms with Crippen LogP contribution in [0, 0.1) is 0 Å². The Morgan fingerprint density at radius 2 is 2.22 bits per heavy atom. The SMILES string of the molecule is O=C(O)OC1C=CCn2c(=O)n(CCS)c(=O)n21. The fraction of sp³-hybridized carbons (Fsp3) is 0.444. The maximum Gasteiger partial charge on any atom is 0.508 e. The van der Waals surface area contributed by atoms with Gasteiger partial charge in [0.1, 0.15) is 0 Å². The molecule has 2 rings (SSSR count). The second-order valence-corrected chi connectivity index (χ2v) is 4.02. The third-order valence-electron chi connectivity index (χ3n) is 2.50. The van der Waals surface area contributed by atoms with Gasteiger partial charge in [-0.1, -0.05) is 6.08 Å². The number of hydrogen-bond donors (Lipinski definition) is 2. The lowest BCUT2D eigenvalue weighted by Gasteiger charge is -2.18. The number of nitrogens with zero attached hydrogens (tertiary/aromatic N) is 3. The van der Waals surface area contributed by atoms with E-state index in [9.17, 15) is 14.4 Å². The molecule has 1 aliphatic heterocycles. The van der Waals surface area contributed by atoms with Crippen LogP contribution in [0.1, 0.15) is 6.23 Å². The summed E-state index contributed by atoms with van der Waals surface area (Å²) in [6.07, 6.45) is 0.358. The van der Waals surface area contributed by atoms with Crippen molar-refractivity contribution < 1.29 is 14.6 Å². The van der Waals surface area contributed by atoms with Gasteiger partial charge in [-0.2, -0.15) is 17.3 Å². The average Bonchev–Trinajstić information content (AvgIpc) is 2.55. The van der Waals surface area contributed by atoms with E-state index in [0.717, 1.165) is 13.9 Å². The second-order valence-electron chi connectivity index (χ2n) is 3.57. The van der Waals surface area contributed by atoms with Gasteiger partial charge in [0.15, 0.2) is 0 Å². The Morgan fingerprint density at radius 3 is 2.83 bits per heavy atom. The van der Waals surface area contributed by atoms with Gasteiger partial charge >= 0.3 is 17.5 Å². The standard InChI is InChI=1S/C9H11N3O5S/c13-7-10(4-5-18)8(14)12-6(17-9(15)16)2-1-3-11(7)12/h1-2,6,18H,3-5H2,(H,15,16). The molecule has 1 aliphatic rings. The molecule has 18 heavy (non-hydrogen) atoms. The van der Waals surface area contributed by atoms with Crippen molar-refractivity contribution in [2.45, 2.75) is 19.3 Å². The van der Waals surface area contributed by atoms with Crippen LogP contribution in [0.25, 0.3) is 0 Å². The van der Waals surface area contributed by atoms with Gasteiger partial charge in [0.2, 0.25) is 6.23 Å². The first-order valence-corrected chi connectivity index (χ1v) is 5.78. The number of thiol groups is 1. The van der Waals surface area contributed by atoms with E-state index in [2.05, 4.69) is 17.4 Å². The van der Waals surface area contributed by atoms with Crippen molar-refractivity contribution >= 4 is 18.8 Å². The van der Waals surface area contributed by atoms with Gasteiger partial charge < -0.3 is 9.84 Å². The maximum atomic E-state index is 12.0. The number of allylic oxidation sites excluding steroid dienone is 1. The van der Waals surface area contributed by atoms with Crippen LogP contribution in [0.2, 0.25) is 0 Å². The Kier molecular flexibility index (Phi) is 3.32. The molecule has 0 saturated heterocycles. The highest BCUT2D eigenvalue weighted by molar-refractivity contribution is 7.80. The summed E-state index contributed by atoms with van der Waals surface area (Å²) in [7, 11) is 0. The summed E-state index contributed by atoms with van der Waals surface area (Å²) >= 11 is 3.96. The van der Waals surface area contributed by atoms with E-state index in [1.54, 1.807) is 6.08 Å². The van der Waals surface area contributed by atoms with Crippen LogP contribution in [-0.4, -0.2) is 30.9 Å². The molecule has 0 bridgehead atoms. The highest BCUT2D eigenvalue weighted by atomic mass is 32.1. The molecule has 1 aromatic heterocycles. The molecule has 0 spiro atoms. The Balaban J connectivity index is 2.53. The minimum Gasteiger partial charge on any atom is -0.450 e. The first kappa shape index (κ1) is 12.6. The van der Waals surface area contributed by atoms with Crippen LogP contribution in [0.4, 0.5) is 4.79 Å². The number of aromatic nitrogens is 3. The minimum absolute atomic E-state index is 0.160. The lowest BCUT2D eigenvalue weighted by Crippen LogP contribution is -2.34. The highest BCUT2D eigenvalue weighted by Gasteiger charge is 2.25. The molecule has 0 aliphatic carbocycles. The molecule has 9 heteroatoms. The van der Waals surface area contributed by atoms with Crippen LogP contribution in [0.15, 0.2) is 21.7 Å². The molecular formula is C9H11N3O5S. The van der Waals surface area contributed by atoms with Gasteiger partial charge in [-0.05, 0) is 6.08 Å². The zero-order valence-corrected chi connectivity index (χ0v) is 10.1. The normalized spacial score (nSPS) is 17.5. The zero-order valence-electron chi connectivity index (χ0n) is 9.22. The summed E-state index contributed by atoms with van der Waals surface area (Å²) in [6, 6.07) is 0. The van der Waals surface area contributed by atoms with E-state index < -0.39 is 23.8 Å². The van der Waals surface area contributed by atoms with Crippen molar-refractivity contribution in [2.75, 3.05) is 5.75 Å². The summed E-state index contributed by atoms with van der Waals surface area (Å²) in [5.74, 6) is 0.330. The summed E-state index contributed by atoms with van der Waals surface area (Å²) < 4.78 is 7.67. The van der Waals surface area contributed by atoms with Crippen LogP contribution in [0.5, 0.6) is 0 Å². The molecular weight excluding hydrogens is 262 g/mol. The lowest BCUT2D eigenvalue weighted by molar-refractivity contribution is 0.0256. The van der Waals surface area contributed by atoms with E-state index in [-0.39, 0.29) is 13.1 Å². The van der Waals surface area contributed by atoms with E-state index in [0.29, 0.717) is 5.75 Å². The van der Waals surface area contributed by atoms with Crippen molar-refractivity contribution in [3.63, 3.8) is 0 Å². The molecule has 8 nitrogen and oxygen atoms in total. The predicted molar refractivity (Wildman–Crippen MR) is 64.1 cm³/mol. The highest BCUT2D eigenvalue weighted by Crippen LogP contribution is 2.11. The topological polar surface area (TPSA) is 95.5 Å². The Hall–Kier alpha value is -1.90. The van der Waals surface area contributed by atoms with Crippen LogP contribution >= 0.6 is 12.6 Å². The molecule has 0 radical (unpaired) electrons. The average molecular weight is 273 g/mol. The van der Waals surface area contributed by atoms with Crippen LogP contribution in [-0.2, 0) is 17.8 Å². The monoisotopic (exact) mass is 273 g/mol. The third-order valence-corrected chi connectivity index (χ3v) is 2.70. The summed E-state index contributed by atoms with van der Waals surface area (Å²) in [5.41, 5.74) is -1.11. The molecule has 1 N–H and O–H groups in total. The molecule has 1 unspecified atom stereocenters. The van der Waals surface area contributed by atoms with Crippen LogP contribution in [0.3, 0.4) is 0 Å². The Labute approximate surface area is 106 Å². The van der Waals surface area contributed by atoms with Gasteiger partial charge in [-0.3, -0.25) is 0 Å². The number of carboxylic acid groups (broad SMARTS) is 1. The molecule has 0 aromatic carbocycles. The third kappa shape index (κ3) is 1.96. The lowest BCUT2D eigenvalue weighted by atomic mass is 10.4. The molecule has 98 valence electrons. The second kappa shape index (κ2) is 4.77. The zero-order chi connectivity index (χ0) is 13.3. The van der Waals surface area contributed by atoms with E-state index >= 15 is 0 Å². The van der Waals surface area contributed by atoms with Crippen molar-refractivity contribution in [3.8, 4) is 0 Å². The number of ether oxygens (including phenoxy) is 1. The first-order chi connectivity index (χ1) is 8.56. The van der Waals surface area contributed by atoms with Gasteiger partial charge in [-0.15, -0.1) is 0 Å². The van der Waals surface area contributed by atoms with Crippen LogP contribution < -0.4 is 11.4 Å². The molecule has 2 heterocycles. The molecule has 0 fully saturated rings. The van der Waals surface area contributed by atoms with Gasteiger partial charge in [0.25, 0.3) is 0 Å². The predicted octanol–water partition coefficient (Wildman–Crippen LogP) is -0.496. The first-order valence-electron chi connectivity index (χ1n) is 5.15. The number of rotatable bonds is 3. The van der Waals surface area contributed by atoms with Crippen molar-refractivity contribution in [3.05, 3.63) is 33.1 Å².